The molecule has 41 heavy (non-hydrogen) atoms. The maximum Gasteiger partial charge on any atom is 0.411 e. The molecule has 210 valence electrons. The minimum absolute atomic E-state index is 0.0529. The maximum atomic E-state index is 15.2. The molecule has 14 heteroatoms. The molecule has 0 radical (unpaired) electrons. The van der Waals surface area contributed by atoms with Gasteiger partial charge in [0.25, 0.3) is 0 Å². The Kier molecular flexibility index (Phi) is 8.44. The molecule has 3 N–H and O–H groups in total. The highest BCUT2D eigenvalue weighted by Gasteiger charge is 2.23. The van der Waals surface area contributed by atoms with Crippen LogP contribution in [0.15, 0.2) is 53.8 Å². The van der Waals surface area contributed by atoms with E-state index in [1.807, 2.05) is 0 Å². The van der Waals surface area contributed by atoms with Crippen LogP contribution in [0.5, 0.6) is 0 Å². The summed E-state index contributed by atoms with van der Waals surface area (Å²) in [6.45, 7) is 0. The van der Waals surface area contributed by atoms with Gasteiger partial charge in [-0.1, -0.05) is 18.0 Å². The number of fused-ring (bicyclic) bond motifs is 4. The molecular formula is C27H25ClFN9O3. The van der Waals surface area contributed by atoms with E-state index in [1.54, 1.807) is 48.7 Å². The van der Waals surface area contributed by atoms with E-state index in [4.69, 9.17) is 11.6 Å². The molecule has 0 aliphatic carbocycles. The highest BCUT2D eigenvalue weighted by atomic mass is 35.5. The fourth-order valence-electron chi connectivity index (χ4n) is 4.35. The van der Waals surface area contributed by atoms with Gasteiger partial charge in [0.2, 0.25) is 11.9 Å². The second kappa shape index (κ2) is 12.5. The summed E-state index contributed by atoms with van der Waals surface area (Å²) in [5, 5.41) is 17.2. The zero-order valence-corrected chi connectivity index (χ0v) is 22.6. The monoisotopic (exact) mass is 577 g/mol. The van der Waals surface area contributed by atoms with Crippen molar-refractivity contribution in [3.05, 3.63) is 71.2 Å². The number of amides is 2. The summed E-state index contributed by atoms with van der Waals surface area (Å²) in [6.07, 6.45) is 8.24. The van der Waals surface area contributed by atoms with E-state index in [0.29, 0.717) is 46.1 Å². The molecular weight excluding hydrogens is 553 g/mol. The van der Waals surface area contributed by atoms with Gasteiger partial charge in [-0.05, 0) is 72.2 Å². The first kappa shape index (κ1) is 27.6. The maximum absolute atomic E-state index is 15.2. The van der Waals surface area contributed by atoms with Gasteiger partial charge in [0, 0.05) is 34.1 Å². The Balaban J connectivity index is 1.40. The number of hydrogen-bond acceptors (Lipinski definition) is 8. The summed E-state index contributed by atoms with van der Waals surface area (Å²) in [5.41, 5.74) is 2.62. The molecule has 2 bridgehead atoms. The molecule has 4 aromatic rings. The number of carbonyl (C=O) groups excluding carboxylic acids is 2. The first-order valence-electron chi connectivity index (χ1n) is 12.7. The van der Waals surface area contributed by atoms with E-state index < -0.39 is 24.0 Å². The molecule has 0 unspecified atom stereocenters. The van der Waals surface area contributed by atoms with Crippen LogP contribution in [-0.4, -0.2) is 55.5 Å². The quantitative estimate of drug-likeness (QED) is 0.277. The standard InChI is InChI=1S/C27H25ClFN9O3/c1-41-27(40)32-18-8-9-19-21(14-18)30-12-4-2-3-5-20(26-34-24(19)25(29)35-26)33-23(39)11-6-16-13-17(28)7-10-22(16)38-15-31-36-37-38/h6-15,20H,2-5H2,1H3,(H,32,40)(H,33,39)(H,34,35)/b11-6+,30-12?/t20-/m0/s1. The SMILES string of the molecule is COC(=O)Nc1ccc2c(c1)N=CCCCC[C@H](NC(=O)/C=C/c1cc(Cl)ccc1-n1cnnn1)c1nc-2c(F)[nH]1. The molecule has 3 heterocycles. The van der Waals surface area contributed by atoms with Crippen LogP contribution in [0.4, 0.5) is 20.6 Å². The van der Waals surface area contributed by atoms with Crippen molar-refractivity contribution in [2.24, 2.45) is 4.99 Å². The average molecular weight is 578 g/mol. The number of rotatable bonds is 5. The van der Waals surface area contributed by atoms with Crippen LogP contribution in [0.1, 0.15) is 43.1 Å². The normalized spacial score (nSPS) is 15.0. The predicted octanol–water partition coefficient (Wildman–Crippen LogP) is 5.17. The smallest absolute Gasteiger partial charge is 0.411 e. The van der Waals surface area contributed by atoms with Gasteiger partial charge < -0.3 is 15.0 Å². The number of carbonyl (C=O) groups is 2. The number of benzene rings is 2. The number of nitrogens with one attached hydrogen (secondary N) is 3. The lowest BCUT2D eigenvalue weighted by Gasteiger charge is -2.16. The number of aliphatic imine (C=N–C) groups is 1. The molecule has 1 aliphatic rings. The Labute approximate surface area is 238 Å². The van der Waals surface area contributed by atoms with Gasteiger partial charge in [-0.3, -0.25) is 15.1 Å². The van der Waals surface area contributed by atoms with Crippen LogP contribution in [0.25, 0.3) is 23.0 Å². The third-order valence-electron chi connectivity index (χ3n) is 6.32. The predicted molar refractivity (Wildman–Crippen MR) is 151 cm³/mol. The average Bonchev–Trinajstić information content (AvgIpc) is 3.63. The molecule has 5 rings (SSSR count). The molecule has 0 fully saturated rings. The topological polar surface area (TPSA) is 152 Å². The first-order valence-corrected chi connectivity index (χ1v) is 13.1. The van der Waals surface area contributed by atoms with Gasteiger partial charge in [0.05, 0.1) is 24.5 Å². The second-order valence-electron chi connectivity index (χ2n) is 9.08. The molecule has 2 aromatic carbocycles. The minimum Gasteiger partial charge on any atom is -0.453 e. The fourth-order valence-corrected chi connectivity index (χ4v) is 4.53. The number of aromatic amines is 1. The Morgan fingerprint density at radius 2 is 2.10 bits per heavy atom. The highest BCUT2D eigenvalue weighted by Crippen LogP contribution is 2.35. The number of nitrogens with zero attached hydrogens (tertiary/aromatic N) is 6. The summed E-state index contributed by atoms with van der Waals surface area (Å²) in [4.78, 5) is 36.4. The van der Waals surface area contributed by atoms with Crippen molar-refractivity contribution in [2.75, 3.05) is 12.4 Å². The number of tetrazole rings is 1. The van der Waals surface area contributed by atoms with Crippen LogP contribution >= 0.6 is 11.6 Å². The van der Waals surface area contributed by atoms with Gasteiger partial charge in [-0.2, -0.15) is 9.07 Å². The number of aromatic nitrogens is 6. The number of H-pyrrole nitrogens is 1. The number of halogens is 2. The van der Waals surface area contributed by atoms with E-state index in [1.165, 1.54) is 24.2 Å². The number of hydrogen-bond donors (Lipinski definition) is 3. The van der Waals surface area contributed by atoms with Crippen LogP contribution < -0.4 is 10.6 Å². The van der Waals surface area contributed by atoms with Crippen molar-refractivity contribution >= 4 is 47.3 Å². The van der Waals surface area contributed by atoms with Crippen molar-refractivity contribution in [1.29, 1.82) is 0 Å². The molecule has 1 atom stereocenters. The van der Waals surface area contributed by atoms with E-state index >= 15 is 4.39 Å². The molecule has 0 saturated carbocycles. The largest absolute Gasteiger partial charge is 0.453 e. The van der Waals surface area contributed by atoms with Crippen LogP contribution in [-0.2, 0) is 9.53 Å². The zero-order chi connectivity index (χ0) is 28.8. The third-order valence-corrected chi connectivity index (χ3v) is 6.55. The molecule has 2 aromatic heterocycles. The summed E-state index contributed by atoms with van der Waals surface area (Å²) < 4.78 is 21.3. The molecule has 0 spiro atoms. The summed E-state index contributed by atoms with van der Waals surface area (Å²) >= 11 is 6.17. The van der Waals surface area contributed by atoms with Crippen molar-refractivity contribution in [3.8, 4) is 16.9 Å². The van der Waals surface area contributed by atoms with Gasteiger partial charge in [0.1, 0.15) is 17.8 Å². The van der Waals surface area contributed by atoms with Gasteiger partial charge >= 0.3 is 6.09 Å². The molecule has 0 saturated heterocycles. The van der Waals surface area contributed by atoms with Crippen LogP contribution in [0, 0.1) is 5.95 Å². The van der Waals surface area contributed by atoms with Crippen molar-refractivity contribution < 1.29 is 18.7 Å². The lowest BCUT2D eigenvalue weighted by Crippen LogP contribution is -2.27. The van der Waals surface area contributed by atoms with E-state index in [0.717, 1.165) is 12.8 Å². The Bertz CT molecular complexity index is 1620. The Morgan fingerprint density at radius 3 is 2.90 bits per heavy atom. The number of methoxy groups -OCH3 is 1. The van der Waals surface area contributed by atoms with E-state index in [-0.39, 0.29) is 11.5 Å². The van der Waals surface area contributed by atoms with E-state index in [2.05, 4.69) is 45.9 Å². The van der Waals surface area contributed by atoms with E-state index in [9.17, 15) is 9.59 Å². The van der Waals surface area contributed by atoms with Gasteiger partial charge in [-0.15, -0.1) is 5.10 Å². The summed E-state index contributed by atoms with van der Waals surface area (Å²) in [5.74, 6) is -0.781. The lowest BCUT2D eigenvalue weighted by atomic mass is 10.1. The highest BCUT2D eigenvalue weighted by molar-refractivity contribution is 6.30. The minimum atomic E-state index is -0.663. The second-order valence-corrected chi connectivity index (χ2v) is 9.52. The zero-order valence-electron chi connectivity index (χ0n) is 21.8. The number of ether oxygens (including phenoxy) is 1. The van der Waals surface area contributed by atoms with Crippen LogP contribution in [0.3, 0.4) is 0 Å². The molecule has 12 nitrogen and oxygen atoms in total. The van der Waals surface area contributed by atoms with Crippen molar-refractivity contribution in [3.63, 3.8) is 0 Å². The first-order chi connectivity index (χ1) is 19.9. The molecule has 2 amide bonds. The molecule has 1 aliphatic heterocycles. The van der Waals surface area contributed by atoms with Crippen molar-refractivity contribution in [1.82, 2.24) is 35.5 Å². The lowest BCUT2D eigenvalue weighted by molar-refractivity contribution is -0.117. The Morgan fingerprint density at radius 1 is 1.22 bits per heavy atom. The number of anilines is 1. The van der Waals surface area contributed by atoms with Crippen molar-refractivity contribution in [2.45, 2.75) is 31.7 Å². The number of imidazole rings is 1. The fraction of sp³-hybridized carbons (Fsp3) is 0.222. The van der Waals surface area contributed by atoms with Gasteiger partial charge in [0.15, 0.2) is 0 Å². The summed E-state index contributed by atoms with van der Waals surface area (Å²) in [7, 11) is 1.26. The summed E-state index contributed by atoms with van der Waals surface area (Å²) in [6, 6.07) is 9.40. The van der Waals surface area contributed by atoms with Gasteiger partial charge in [-0.25, -0.2) is 9.78 Å². The third kappa shape index (κ3) is 6.64. The van der Waals surface area contributed by atoms with Crippen LogP contribution in [0.2, 0.25) is 5.02 Å². The Hall–Kier alpha value is -4.91.